The van der Waals surface area contributed by atoms with Crippen LogP contribution >= 0.6 is 0 Å². The summed E-state index contributed by atoms with van der Waals surface area (Å²) >= 11 is 0. The first kappa shape index (κ1) is 16.7. The molecule has 2 heterocycles. The van der Waals surface area contributed by atoms with Crippen molar-refractivity contribution < 1.29 is 19.1 Å². The summed E-state index contributed by atoms with van der Waals surface area (Å²) in [5.41, 5.74) is 0.192. The third kappa shape index (κ3) is 2.89. The number of hydrogen-bond donors (Lipinski definition) is 0. The lowest BCUT2D eigenvalue weighted by Crippen LogP contribution is -2.42. The normalized spacial score (nSPS) is 29.7. The molecule has 1 saturated carbocycles. The second-order valence-corrected chi connectivity index (χ2v) is 7.74. The van der Waals surface area contributed by atoms with Gasteiger partial charge in [0.05, 0.1) is 18.6 Å². The Balaban J connectivity index is 1.43. The SMILES string of the molecule is CC1(c2ccccc2)CC(=O)N(CC2CCC3(CC2)OCCO3)C1=O. The highest BCUT2D eigenvalue weighted by molar-refractivity contribution is 6.08. The van der Waals surface area contributed by atoms with Gasteiger partial charge in [-0.1, -0.05) is 30.3 Å². The standard InChI is InChI=1S/C20H25NO4/c1-19(16-5-3-2-4-6-16)13-17(22)21(18(19)23)14-15-7-9-20(10-8-15)24-11-12-25-20/h2-6,15H,7-14H2,1H3. The van der Waals surface area contributed by atoms with E-state index in [0.29, 0.717) is 25.7 Å². The number of nitrogens with zero attached hydrogens (tertiary/aromatic N) is 1. The molecule has 4 rings (SSSR count). The molecule has 1 aliphatic carbocycles. The van der Waals surface area contributed by atoms with E-state index in [9.17, 15) is 9.59 Å². The van der Waals surface area contributed by atoms with Crippen molar-refractivity contribution in [1.82, 2.24) is 4.90 Å². The Morgan fingerprint density at radius 2 is 1.72 bits per heavy atom. The monoisotopic (exact) mass is 343 g/mol. The minimum atomic E-state index is -0.730. The number of carbonyl (C=O) groups is 2. The van der Waals surface area contributed by atoms with Crippen LogP contribution in [0.3, 0.4) is 0 Å². The first-order chi connectivity index (χ1) is 12.0. The summed E-state index contributed by atoms with van der Waals surface area (Å²) in [5.74, 6) is -0.166. The van der Waals surface area contributed by atoms with Crippen LogP contribution in [-0.2, 0) is 24.5 Å². The van der Waals surface area contributed by atoms with Gasteiger partial charge in [-0.15, -0.1) is 0 Å². The maximum atomic E-state index is 13.0. The van der Waals surface area contributed by atoms with Crippen molar-refractivity contribution in [1.29, 1.82) is 0 Å². The van der Waals surface area contributed by atoms with Crippen molar-refractivity contribution in [2.45, 2.75) is 50.2 Å². The van der Waals surface area contributed by atoms with Crippen molar-refractivity contribution in [2.75, 3.05) is 19.8 Å². The second-order valence-electron chi connectivity index (χ2n) is 7.74. The van der Waals surface area contributed by atoms with Crippen LogP contribution in [0.4, 0.5) is 0 Å². The molecule has 0 N–H and O–H groups in total. The van der Waals surface area contributed by atoms with Gasteiger partial charge in [0, 0.05) is 25.8 Å². The molecule has 1 spiro atoms. The Bertz CT molecular complexity index is 658. The third-order valence-electron chi connectivity index (χ3n) is 6.06. The highest BCUT2D eigenvalue weighted by Gasteiger charge is 2.50. The molecule has 2 aliphatic heterocycles. The van der Waals surface area contributed by atoms with E-state index in [1.54, 1.807) is 0 Å². The van der Waals surface area contributed by atoms with Gasteiger partial charge in [-0.2, -0.15) is 0 Å². The maximum Gasteiger partial charge on any atom is 0.240 e. The smallest absolute Gasteiger partial charge is 0.240 e. The van der Waals surface area contributed by atoms with Gasteiger partial charge in [-0.25, -0.2) is 0 Å². The summed E-state index contributed by atoms with van der Waals surface area (Å²) in [6.45, 7) is 3.75. The summed E-state index contributed by atoms with van der Waals surface area (Å²) in [6, 6.07) is 9.64. The molecule has 1 aromatic rings. The molecule has 0 radical (unpaired) electrons. The third-order valence-corrected chi connectivity index (χ3v) is 6.06. The average Bonchev–Trinajstić information content (AvgIpc) is 3.17. The molecule has 3 fully saturated rings. The Morgan fingerprint density at radius 1 is 1.08 bits per heavy atom. The Hall–Kier alpha value is -1.72. The molecule has 0 aromatic heterocycles. The van der Waals surface area contributed by atoms with Crippen LogP contribution in [0.1, 0.15) is 44.6 Å². The fourth-order valence-electron chi connectivity index (χ4n) is 4.44. The number of benzene rings is 1. The molecular formula is C20H25NO4. The number of likely N-dealkylation sites (tertiary alicyclic amines) is 1. The lowest BCUT2D eigenvalue weighted by Gasteiger charge is -2.36. The van der Waals surface area contributed by atoms with Crippen LogP contribution in [0, 0.1) is 5.92 Å². The zero-order valence-corrected chi connectivity index (χ0v) is 14.7. The first-order valence-electron chi connectivity index (χ1n) is 9.21. The molecule has 3 aliphatic rings. The maximum absolute atomic E-state index is 13.0. The molecule has 1 unspecified atom stereocenters. The fourth-order valence-corrected chi connectivity index (χ4v) is 4.44. The molecule has 2 saturated heterocycles. The van der Waals surface area contributed by atoms with E-state index >= 15 is 0 Å². The number of hydrogen-bond acceptors (Lipinski definition) is 4. The van der Waals surface area contributed by atoms with Crippen molar-refractivity contribution in [2.24, 2.45) is 5.92 Å². The van der Waals surface area contributed by atoms with Gasteiger partial charge in [0.15, 0.2) is 5.79 Å². The summed E-state index contributed by atoms with van der Waals surface area (Å²) in [5, 5.41) is 0. The minimum Gasteiger partial charge on any atom is -0.348 e. The predicted molar refractivity (Wildman–Crippen MR) is 91.7 cm³/mol. The minimum absolute atomic E-state index is 0.0509. The van der Waals surface area contributed by atoms with Crippen LogP contribution in [-0.4, -0.2) is 42.3 Å². The lowest BCUT2D eigenvalue weighted by molar-refractivity contribution is -0.183. The van der Waals surface area contributed by atoms with E-state index in [1.807, 2.05) is 37.3 Å². The average molecular weight is 343 g/mol. The van der Waals surface area contributed by atoms with E-state index < -0.39 is 11.2 Å². The van der Waals surface area contributed by atoms with Crippen molar-refractivity contribution in [3.05, 3.63) is 35.9 Å². The summed E-state index contributed by atoms with van der Waals surface area (Å²) < 4.78 is 11.5. The topological polar surface area (TPSA) is 55.8 Å². The van der Waals surface area contributed by atoms with E-state index in [-0.39, 0.29) is 18.2 Å². The number of amides is 2. The van der Waals surface area contributed by atoms with Gasteiger partial charge in [-0.05, 0) is 31.2 Å². The van der Waals surface area contributed by atoms with Crippen molar-refractivity contribution in [3.63, 3.8) is 0 Å². The quantitative estimate of drug-likeness (QED) is 0.792. The summed E-state index contributed by atoms with van der Waals surface area (Å²) in [4.78, 5) is 27.1. The predicted octanol–water partition coefficient (Wildman–Crippen LogP) is 2.64. The molecule has 25 heavy (non-hydrogen) atoms. The van der Waals surface area contributed by atoms with Gasteiger partial charge in [0.25, 0.3) is 0 Å². The summed E-state index contributed by atoms with van der Waals surface area (Å²) in [6.07, 6.45) is 3.82. The van der Waals surface area contributed by atoms with Gasteiger partial charge in [0.1, 0.15) is 0 Å². The van der Waals surface area contributed by atoms with E-state index in [0.717, 1.165) is 31.2 Å². The van der Waals surface area contributed by atoms with Crippen molar-refractivity contribution >= 4 is 11.8 Å². The van der Waals surface area contributed by atoms with E-state index in [2.05, 4.69) is 0 Å². The second kappa shape index (κ2) is 6.22. The molecule has 134 valence electrons. The van der Waals surface area contributed by atoms with Gasteiger partial charge < -0.3 is 9.47 Å². The van der Waals surface area contributed by atoms with Crippen LogP contribution in [0.15, 0.2) is 30.3 Å². The van der Waals surface area contributed by atoms with E-state index in [4.69, 9.17) is 9.47 Å². The molecule has 0 bridgehead atoms. The highest BCUT2D eigenvalue weighted by atomic mass is 16.7. The van der Waals surface area contributed by atoms with Crippen molar-refractivity contribution in [3.8, 4) is 0 Å². The molecular weight excluding hydrogens is 318 g/mol. The van der Waals surface area contributed by atoms with Gasteiger partial charge in [0.2, 0.25) is 11.8 Å². The molecule has 2 amide bonds. The Kier molecular flexibility index (Phi) is 4.16. The zero-order valence-electron chi connectivity index (χ0n) is 14.7. The van der Waals surface area contributed by atoms with Gasteiger partial charge in [-0.3, -0.25) is 14.5 Å². The zero-order chi connectivity index (χ0) is 17.5. The fraction of sp³-hybridized carbons (Fsp3) is 0.600. The van der Waals surface area contributed by atoms with Crippen LogP contribution in [0.5, 0.6) is 0 Å². The lowest BCUT2D eigenvalue weighted by atomic mass is 9.81. The number of rotatable bonds is 3. The molecule has 5 heteroatoms. The van der Waals surface area contributed by atoms with Crippen LogP contribution in [0.2, 0.25) is 0 Å². The highest BCUT2D eigenvalue weighted by Crippen LogP contribution is 2.41. The number of ether oxygens (including phenoxy) is 2. The van der Waals surface area contributed by atoms with Gasteiger partial charge >= 0.3 is 0 Å². The van der Waals surface area contributed by atoms with Crippen LogP contribution < -0.4 is 0 Å². The molecule has 1 atom stereocenters. The molecule has 1 aromatic carbocycles. The number of imide groups is 1. The Morgan fingerprint density at radius 3 is 2.36 bits per heavy atom. The largest absolute Gasteiger partial charge is 0.348 e. The first-order valence-corrected chi connectivity index (χ1v) is 9.21. The number of carbonyl (C=O) groups excluding carboxylic acids is 2. The van der Waals surface area contributed by atoms with E-state index in [1.165, 1.54) is 4.90 Å². The molecule has 5 nitrogen and oxygen atoms in total. The summed E-state index contributed by atoms with van der Waals surface area (Å²) in [7, 11) is 0. The van der Waals surface area contributed by atoms with Crippen LogP contribution in [0.25, 0.3) is 0 Å². The Labute approximate surface area is 148 Å².